The summed E-state index contributed by atoms with van der Waals surface area (Å²) in [6.45, 7) is 3.84. The minimum absolute atomic E-state index is 0.0910. The van der Waals surface area contributed by atoms with Gasteiger partial charge >= 0.3 is 0 Å². The van der Waals surface area contributed by atoms with Crippen LogP contribution < -0.4 is 10.6 Å². The molecule has 2 rings (SSSR count). The van der Waals surface area contributed by atoms with Crippen LogP contribution in [0.2, 0.25) is 0 Å². The van der Waals surface area contributed by atoms with Crippen LogP contribution in [0.15, 0.2) is 6.20 Å². The first kappa shape index (κ1) is 11.5. The van der Waals surface area contributed by atoms with Crippen molar-refractivity contribution in [3.05, 3.63) is 6.20 Å². The van der Waals surface area contributed by atoms with Crippen LogP contribution in [0.5, 0.6) is 0 Å². The molecule has 1 saturated heterocycles. The minimum atomic E-state index is -0.262. The number of piperidine rings is 1. The zero-order valence-electron chi connectivity index (χ0n) is 9.32. The Bertz CT molecular complexity index is 346. The predicted molar refractivity (Wildman–Crippen MR) is 63.4 cm³/mol. The van der Waals surface area contributed by atoms with Crippen molar-refractivity contribution < 1.29 is 4.79 Å². The second kappa shape index (κ2) is 4.88. The maximum Gasteiger partial charge on any atom is 0.232 e. The van der Waals surface area contributed by atoms with Crippen molar-refractivity contribution in [2.45, 2.75) is 26.2 Å². The molecule has 0 radical (unpaired) electrons. The van der Waals surface area contributed by atoms with Gasteiger partial charge in [0, 0.05) is 18.1 Å². The van der Waals surface area contributed by atoms with E-state index in [4.69, 9.17) is 0 Å². The van der Waals surface area contributed by atoms with E-state index in [0.717, 1.165) is 37.4 Å². The number of nitrogens with one attached hydrogen (secondary N) is 2. The third-order valence-corrected chi connectivity index (χ3v) is 3.81. The second-order valence-corrected chi connectivity index (χ2v) is 4.94. The summed E-state index contributed by atoms with van der Waals surface area (Å²) in [5.74, 6) is 0.0910. The highest BCUT2D eigenvalue weighted by molar-refractivity contribution is 7.10. The lowest BCUT2D eigenvalue weighted by atomic mass is 9.77. The lowest BCUT2D eigenvalue weighted by molar-refractivity contribution is -0.126. The van der Waals surface area contributed by atoms with Gasteiger partial charge in [-0.1, -0.05) is 11.4 Å². The molecule has 2 heterocycles. The summed E-state index contributed by atoms with van der Waals surface area (Å²) in [5.41, 5.74) is -0.262. The van der Waals surface area contributed by atoms with E-state index in [1.165, 1.54) is 11.5 Å². The summed E-state index contributed by atoms with van der Waals surface area (Å²) in [6, 6.07) is 0. The molecule has 5 nitrogen and oxygen atoms in total. The van der Waals surface area contributed by atoms with E-state index in [-0.39, 0.29) is 11.3 Å². The number of rotatable bonds is 3. The molecule has 0 aliphatic carbocycles. The highest BCUT2D eigenvalue weighted by atomic mass is 32.1. The van der Waals surface area contributed by atoms with Gasteiger partial charge < -0.3 is 10.6 Å². The topological polar surface area (TPSA) is 66.9 Å². The summed E-state index contributed by atoms with van der Waals surface area (Å²) in [4.78, 5) is 12.2. The van der Waals surface area contributed by atoms with E-state index in [9.17, 15) is 4.79 Å². The first-order valence-electron chi connectivity index (χ1n) is 5.56. The Hall–Kier alpha value is -1.01. The van der Waals surface area contributed by atoms with Gasteiger partial charge in [-0.25, -0.2) is 0 Å². The molecule has 1 fully saturated rings. The van der Waals surface area contributed by atoms with Gasteiger partial charge in [-0.15, -0.1) is 5.10 Å². The average Bonchev–Trinajstić information content (AvgIpc) is 2.82. The zero-order chi connectivity index (χ0) is 11.4. The van der Waals surface area contributed by atoms with Gasteiger partial charge in [-0.2, -0.15) is 0 Å². The van der Waals surface area contributed by atoms with Crippen LogP contribution in [0.25, 0.3) is 0 Å². The predicted octanol–water partition coefficient (Wildman–Crippen LogP) is 1.26. The summed E-state index contributed by atoms with van der Waals surface area (Å²) in [7, 11) is 0. The minimum Gasteiger partial charge on any atom is -0.316 e. The number of anilines is 1. The third-order valence-electron chi connectivity index (χ3n) is 3.23. The molecule has 0 spiro atoms. The number of carbonyl (C=O) groups is 1. The van der Waals surface area contributed by atoms with Gasteiger partial charge in [0.1, 0.15) is 5.00 Å². The quantitative estimate of drug-likeness (QED) is 0.834. The van der Waals surface area contributed by atoms with Crippen LogP contribution in [-0.4, -0.2) is 28.6 Å². The van der Waals surface area contributed by atoms with E-state index < -0.39 is 0 Å². The van der Waals surface area contributed by atoms with E-state index in [2.05, 4.69) is 27.1 Å². The van der Waals surface area contributed by atoms with E-state index in [1.54, 1.807) is 6.20 Å². The van der Waals surface area contributed by atoms with Crippen molar-refractivity contribution in [1.82, 2.24) is 14.9 Å². The van der Waals surface area contributed by atoms with Crippen LogP contribution in [0, 0.1) is 5.41 Å². The molecule has 0 saturated carbocycles. The van der Waals surface area contributed by atoms with Crippen molar-refractivity contribution in [2.24, 2.45) is 5.41 Å². The molecule has 0 bridgehead atoms. The summed E-state index contributed by atoms with van der Waals surface area (Å²) < 4.78 is 3.73. The largest absolute Gasteiger partial charge is 0.316 e. The molecule has 1 unspecified atom stereocenters. The zero-order valence-corrected chi connectivity index (χ0v) is 10.1. The number of nitrogens with zero attached hydrogens (tertiary/aromatic N) is 2. The first-order chi connectivity index (χ1) is 7.77. The van der Waals surface area contributed by atoms with E-state index in [1.807, 2.05) is 0 Å². The highest BCUT2D eigenvalue weighted by Gasteiger charge is 2.37. The molecule has 1 amide bonds. The SMILES string of the molecule is CCC1(C(=O)Nc2cnns2)CCCNC1. The van der Waals surface area contributed by atoms with Gasteiger partial charge in [-0.3, -0.25) is 4.79 Å². The Labute approximate surface area is 98.8 Å². The molecule has 2 N–H and O–H groups in total. The molecular formula is C10H16N4OS. The fourth-order valence-corrected chi connectivity index (χ4v) is 2.51. The molecule has 1 aromatic rings. The third kappa shape index (κ3) is 2.22. The molecule has 1 aliphatic rings. The van der Waals surface area contributed by atoms with Crippen LogP contribution >= 0.6 is 11.5 Å². The fraction of sp³-hybridized carbons (Fsp3) is 0.700. The maximum absolute atomic E-state index is 12.2. The van der Waals surface area contributed by atoms with Gasteiger partial charge in [-0.05, 0) is 25.8 Å². The molecule has 88 valence electrons. The van der Waals surface area contributed by atoms with Crippen molar-refractivity contribution in [2.75, 3.05) is 18.4 Å². The van der Waals surface area contributed by atoms with Crippen LogP contribution in [0.4, 0.5) is 5.00 Å². The van der Waals surface area contributed by atoms with Crippen LogP contribution in [-0.2, 0) is 4.79 Å². The van der Waals surface area contributed by atoms with Crippen molar-refractivity contribution in [3.63, 3.8) is 0 Å². The second-order valence-electron chi connectivity index (χ2n) is 4.15. The molecule has 1 atom stereocenters. The molecule has 1 aromatic heterocycles. The lowest BCUT2D eigenvalue weighted by Gasteiger charge is -2.35. The van der Waals surface area contributed by atoms with Gasteiger partial charge in [0.05, 0.1) is 11.6 Å². The normalized spacial score (nSPS) is 25.3. The Kier molecular flexibility index (Phi) is 3.50. The standard InChI is InChI=1S/C10H16N4OS/c1-2-10(4-3-5-11-7-10)9(15)13-8-6-12-14-16-8/h6,11H,2-5,7H2,1H3,(H,13,15). The Morgan fingerprint density at radius 3 is 3.19 bits per heavy atom. The summed E-state index contributed by atoms with van der Waals surface area (Å²) >= 11 is 1.21. The molecule has 16 heavy (non-hydrogen) atoms. The number of aromatic nitrogens is 2. The molecular weight excluding hydrogens is 224 g/mol. The van der Waals surface area contributed by atoms with Crippen molar-refractivity contribution in [3.8, 4) is 0 Å². The van der Waals surface area contributed by atoms with Gasteiger partial charge in [0.2, 0.25) is 5.91 Å². The lowest BCUT2D eigenvalue weighted by Crippen LogP contribution is -2.47. The maximum atomic E-state index is 12.2. The first-order valence-corrected chi connectivity index (χ1v) is 6.34. The number of hydrogen-bond acceptors (Lipinski definition) is 5. The van der Waals surface area contributed by atoms with Crippen molar-refractivity contribution >= 4 is 22.4 Å². The van der Waals surface area contributed by atoms with Crippen LogP contribution in [0.1, 0.15) is 26.2 Å². The smallest absolute Gasteiger partial charge is 0.232 e. The average molecular weight is 240 g/mol. The summed E-state index contributed by atoms with van der Waals surface area (Å²) in [5, 5.41) is 10.6. The molecule has 6 heteroatoms. The molecule has 1 aliphatic heterocycles. The van der Waals surface area contributed by atoms with Gasteiger partial charge in [0.15, 0.2) is 0 Å². The Balaban J connectivity index is 2.06. The number of carbonyl (C=O) groups excluding carboxylic acids is 1. The monoisotopic (exact) mass is 240 g/mol. The van der Waals surface area contributed by atoms with Crippen molar-refractivity contribution in [1.29, 1.82) is 0 Å². The van der Waals surface area contributed by atoms with Crippen LogP contribution in [0.3, 0.4) is 0 Å². The fourth-order valence-electron chi connectivity index (χ4n) is 2.09. The highest BCUT2D eigenvalue weighted by Crippen LogP contribution is 2.31. The number of amides is 1. The Morgan fingerprint density at radius 1 is 1.75 bits per heavy atom. The Morgan fingerprint density at radius 2 is 2.62 bits per heavy atom. The summed E-state index contributed by atoms with van der Waals surface area (Å²) in [6.07, 6.45) is 4.46. The number of hydrogen-bond donors (Lipinski definition) is 2. The van der Waals surface area contributed by atoms with E-state index in [0.29, 0.717) is 0 Å². The van der Waals surface area contributed by atoms with E-state index >= 15 is 0 Å². The van der Waals surface area contributed by atoms with Gasteiger partial charge in [0.25, 0.3) is 0 Å². The molecule has 0 aromatic carbocycles.